The van der Waals surface area contributed by atoms with Crippen molar-refractivity contribution in [1.29, 1.82) is 0 Å². The summed E-state index contributed by atoms with van der Waals surface area (Å²) in [5.74, 6) is 2.16. The van der Waals surface area contributed by atoms with Gasteiger partial charge in [0.25, 0.3) is 0 Å². The molecule has 0 heterocycles. The molecule has 0 radical (unpaired) electrons. The Morgan fingerprint density at radius 2 is 1.45 bits per heavy atom. The SMILES string of the molecule is CCCC(C)CC1CCC(c2ccc(-c3ccc(OC(F)(F)F)cc3)cc2)CC1. The van der Waals surface area contributed by atoms with Crippen LogP contribution in [0.15, 0.2) is 48.5 Å². The molecule has 0 N–H and O–H groups in total. The minimum absolute atomic E-state index is 0.192. The lowest BCUT2D eigenvalue weighted by Gasteiger charge is -2.30. The molecule has 1 atom stereocenters. The van der Waals surface area contributed by atoms with Crippen LogP contribution in [0, 0.1) is 11.8 Å². The highest BCUT2D eigenvalue weighted by Gasteiger charge is 2.31. The lowest BCUT2D eigenvalue weighted by Crippen LogP contribution is -2.16. The summed E-state index contributed by atoms with van der Waals surface area (Å²) < 4.78 is 40.8. The van der Waals surface area contributed by atoms with Gasteiger partial charge >= 0.3 is 6.36 Å². The maximum Gasteiger partial charge on any atom is 0.573 e. The van der Waals surface area contributed by atoms with Gasteiger partial charge in [0.1, 0.15) is 5.75 Å². The number of ether oxygens (including phenoxy) is 1. The molecule has 1 fully saturated rings. The lowest BCUT2D eigenvalue weighted by atomic mass is 9.75. The normalized spacial score (nSPS) is 21.0. The average molecular weight is 405 g/mol. The van der Waals surface area contributed by atoms with Crippen molar-refractivity contribution in [3.63, 3.8) is 0 Å². The molecule has 0 amide bonds. The first-order valence-electron chi connectivity index (χ1n) is 10.8. The van der Waals surface area contributed by atoms with Gasteiger partial charge in [-0.05, 0) is 78.7 Å². The zero-order valence-corrected chi connectivity index (χ0v) is 17.3. The third-order valence-corrected chi connectivity index (χ3v) is 6.17. The highest BCUT2D eigenvalue weighted by Crippen LogP contribution is 2.39. The van der Waals surface area contributed by atoms with Gasteiger partial charge in [-0.2, -0.15) is 0 Å². The molecule has 1 aliphatic rings. The zero-order chi connectivity index (χ0) is 20.9. The number of hydrogen-bond donors (Lipinski definition) is 0. The monoisotopic (exact) mass is 404 g/mol. The van der Waals surface area contributed by atoms with Crippen LogP contribution in [0.4, 0.5) is 13.2 Å². The van der Waals surface area contributed by atoms with Gasteiger partial charge in [-0.1, -0.05) is 63.1 Å². The van der Waals surface area contributed by atoms with E-state index in [4.69, 9.17) is 0 Å². The topological polar surface area (TPSA) is 9.23 Å². The Balaban J connectivity index is 1.55. The lowest BCUT2D eigenvalue weighted by molar-refractivity contribution is -0.274. The van der Waals surface area contributed by atoms with Crippen molar-refractivity contribution in [2.75, 3.05) is 0 Å². The van der Waals surface area contributed by atoms with Crippen molar-refractivity contribution in [2.45, 2.75) is 71.1 Å². The van der Waals surface area contributed by atoms with Crippen LogP contribution in [0.2, 0.25) is 0 Å². The van der Waals surface area contributed by atoms with Gasteiger partial charge in [-0.3, -0.25) is 0 Å². The van der Waals surface area contributed by atoms with E-state index in [2.05, 4.69) is 42.8 Å². The molecule has 0 spiro atoms. The van der Waals surface area contributed by atoms with E-state index in [1.807, 2.05) is 0 Å². The summed E-state index contributed by atoms with van der Waals surface area (Å²) in [6, 6.07) is 14.6. The van der Waals surface area contributed by atoms with Crippen molar-refractivity contribution in [3.8, 4) is 16.9 Å². The smallest absolute Gasteiger partial charge is 0.406 e. The van der Waals surface area contributed by atoms with E-state index in [1.54, 1.807) is 12.1 Å². The van der Waals surface area contributed by atoms with Crippen molar-refractivity contribution in [1.82, 2.24) is 0 Å². The number of halogens is 3. The molecule has 158 valence electrons. The van der Waals surface area contributed by atoms with E-state index in [1.165, 1.54) is 62.6 Å². The Hall–Kier alpha value is -1.97. The van der Waals surface area contributed by atoms with E-state index in [-0.39, 0.29) is 5.75 Å². The van der Waals surface area contributed by atoms with Crippen LogP contribution in [0.1, 0.15) is 70.3 Å². The molecule has 1 unspecified atom stereocenters. The third-order valence-electron chi connectivity index (χ3n) is 6.17. The Morgan fingerprint density at radius 3 is 1.97 bits per heavy atom. The molecule has 2 aromatic carbocycles. The highest BCUT2D eigenvalue weighted by molar-refractivity contribution is 5.64. The largest absolute Gasteiger partial charge is 0.573 e. The van der Waals surface area contributed by atoms with Gasteiger partial charge in [0.15, 0.2) is 0 Å². The first-order chi connectivity index (χ1) is 13.8. The van der Waals surface area contributed by atoms with Crippen LogP contribution >= 0.6 is 0 Å². The Kier molecular flexibility index (Phi) is 7.26. The number of benzene rings is 2. The van der Waals surface area contributed by atoms with Gasteiger partial charge in [0, 0.05) is 0 Å². The average Bonchev–Trinajstić information content (AvgIpc) is 2.68. The molecule has 0 aromatic heterocycles. The quantitative estimate of drug-likeness (QED) is 0.450. The minimum atomic E-state index is -4.66. The summed E-state index contributed by atoms with van der Waals surface area (Å²) in [6.07, 6.45) is 4.48. The first kappa shape index (κ1) is 21.7. The molecule has 2 aromatic rings. The fourth-order valence-electron chi connectivity index (χ4n) is 4.71. The minimum Gasteiger partial charge on any atom is -0.406 e. The second-order valence-electron chi connectivity index (χ2n) is 8.54. The van der Waals surface area contributed by atoms with E-state index in [0.29, 0.717) is 5.92 Å². The molecule has 29 heavy (non-hydrogen) atoms. The van der Waals surface area contributed by atoms with Gasteiger partial charge in [-0.25, -0.2) is 0 Å². The molecular weight excluding hydrogens is 373 g/mol. The molecular formula is C25H31F3O. The molecule has 1 aliphatic carbocycles. The van der Waals surface area contributed by atoms with E-state index < -0.39 is 6.36 Å². The second kappa shape index (κ2) is 9.69. The van der Waals surface area contributed by atoms with Crippen LogP contribution in [0.25, 0.3) is 11.1 Å². The fraction of sp³-hybridized carbons (Fsp3) is 0.520. The molecule has 4 heteroatoms. The predicted molar refractivity (Wildman–Crippen MR) is 112 cm³/mol. The van der Waals surface area contributed by atoms with E-state index in [0.717, 1.165) is 23.0 Å². The van der Waals surface area contributed by atoms with Crippen molar-refractivity contribution >= 4 is 0 Å². The summed E-state index contributed by atoms with van der Waals surface area (Å²) in [6.45, 7) is 4.65. The first-order valence-corrected chi connectivity index (χ1v) is 10.8. The van der Waals surface area contributed by atoms with Crippen LogP contribution in [0.5, 0.6) is 5.75 Å². The molecule has 1 nitrogen and oxygen atoms in total. The molecule has 0 aliphatic heterocycles. The Labute approximate surface area is 172 Å². The standard InChI is InChI=1S/C25H31F3O/c1-3-4-18(2)17-19-5-7-20(8-6-19)21-9-11-22(12-10-21)23-13-15-24(16-14-23)29-25(26,27)28/h9-16,18-20H,3-8,17H2,1-2H3. The molecule has 0 saturated heterocycles. The Morgan fingerprint density at radius 1 is 0.897 bits per heavy atom. The molecule has 0 bridgehead atoms. The number of rotatable bonds is 7. The number of hydrogen-bond acceptors (Lipinski definition) is 1. The summed E-state index contributed by atoms with van der Waals surface area (Å²) >= 11 is 0. The zero-order valence-electron chi connectivity index (χ0n) is 17.3. The van der Waals surface area contributed by atoms with Crippen LogP contribution < -0.4 is 4.74 Å². The summed E-state index contributed by atoms with van der Waals surface area (Å²) in [5, 5.41) is 0. The maximum absolute atomic E-state index is 12.3. The third kappa shape index (κ3) is 6.52. The highest BCUT2D eigenvalue weighted by atomic mass is 19.4. The second-order valence-corrected chi connectivity index (χ2v) is 8.54. The maximum atomic E-state index is 12.3. The van der Waals surface area contributed by atoms with Gasteiger partial charge < -0.3 is 4.74 Å². The molecule has 3 rings (SSSR count). The van der Waals surface area contributed by atoms with Crippen molar-refractivity contribution in [2.24, 2.45) is 11.8 Å². The van der Waals surface area contributed by atoms with Crippen LogP contribution in [0.3, 0.4) is 0 Å². The fourth-order valence-corrected chi connectivity index (χ4v) is 4.71. The van der Waals surface area contributed by atoms with Crippen LogP contribution in [-0.2, 0) is 0 Å². The predicted octanol–water partition coefficient (Wildman–Crippen LogP) is 8.35. The Bertz CT molecular complexity index is 741. The van der Waals surface area contributed by atoms with Gasteiger partial charge in [-0.15, -0.1) is 13.2 Å². The van der Waals surface area contributed by atoms with Gasteiger partial charge in [0.2, 0.25) is 0 Å². The summed E-state index contributed by atoms with van der Waals surface area (Å²) in [5.41, 5.74) is 3.28. The van der Waals surface area contributed by atoms with Crippen molar-refractivity contribution in [3.05, 3.63) is 54.1 Å². The number of alkyl halides is 3. The van der Waals surface area contributed by atoms with Crippen molar-refractivity contribution < 1.29 is 17.9 Å². The van der Waals surface area contributed by atoms with E-state index >= 15 is 0 Å². The van der Waals surface area contributed by atoms with E-state index in [9.17, 15) is 13.2 Å². The molecule has 1 saturated carbocycles. The summed E-state index contributed by atoms with van der Waals surface area (Å²) in [4.78, 5) is 0. The van der Waals surface area contributed by atoms with Crippen LogP contribution in [-0.4, -0.2) is 6.36 Å². The summed E-state index contributed by atoms with van der Waals surface area (Å²) in [7, 11) is 0. The van der Waals surface area contributed by atoms with Gasteiger partial charge in [0.05, 0.1) is 0 Å².